The summed E-state index contributed by atoms with van der Waals surface area (Å²) in [5.41, 5.74) is 5.15. The maximum absolute atomic E-state index is 12.5. The summed E-state index contributed by atoms with van der Waals surface area (Å²) in [4.78, 5) is 12.5. The van der Waals surface area contributed by atoms with Crippen LogP contribution in [-0.4, -0.2) is 46.4 Å². The van der Waals surface area contributed by atoms with Crippen molar-refractivity contribution < 1.29 is 14.3 Å². The van der Waals surface area contributed by atoms with E-state index in [1.807, 2.05) is 72.2 Å². The molecule has 3 aromatic carbocycles. The van der Waals surface area contributed by atoms with Crippen LogP contribution < -0.4 is 14.9 Å². The maximum Gasteiger partial charge on any atom is 0.250 e. The number of aromatic nitrogens is 3. The number of amides is 1. The Morgan fingerprint density at radius 2 is 1.86 bits per heavy atom. The van der Waals surface area contributed by atoms with E-state index in [1.54, 1.807) is 25.5 Å². The molecule has 0 bridgehead atoms. The third-order valence-corrected chi connectivity index (χ3v) is 6.43. The van der Waals surface area contributed by atoms with Gasteiger partial charge in [-0.05, 0) is 55.0 Å². The second-order valence-corrected chi connectivity index (χ2v) is 9.27. The van der Waals surface area contributed by atoms with Crippen molar-refractivity contribution >= 4 is 39.8 Å². The average Bonchev–Trinajstić information content (AvgIpc) is 3.33. The van der Waals surface area contributed by atoms with E-state index in [0.29, 0.717) is 29.1 Å². The van der Waals surface area contributed by atoms with E-state index in [9.17, 15) is 4.79 Å². The number of carbonyl (C=O) groups is 1. The van der Waals surface area contributed by atoms with Gasteiger partial charge in [-0.25, -0.2) is 5.43 Å². The summed E-state index contributed by atoms with van der Waals surface area (Å²) in [5.74, 6) is 1.81. The van der Waals surface area contributed by atoms with E-state index in [2.05, 4.69) is 36.7 Å². The van der Waals surface area contributed by atoms with Crippen molar-refractivity contribution in [3.05, 3.63) is 82.8 Å². The predicted octanol–water partition coefficient (Wildman–Crippen LogP) is 5.35. The van der Waals surface area contributed by atoms with Crippen molar-refractivity contribution in [2.45, 2.75) is 12.1 Å². The van der Waals surface area contributed by atoms with Crippen LogP contribution in [0.2, 0.25) is 0 Å². The number of ether oxygens (including phenoxy) is 2. The number of nitrogens with one attached hydrogen (secondary N) is 1. The number of halogens is 1. The molecule has 0 unspecified atom stereocenters. The summed E-state index contributed by atoms with van der Waals surface area (Å²) in [5, 5.41) is 13.4. The van der Waals surface area contributed by atoms with Crippen LogP contribution in [0.1, 0.15) is 12.5 Å². The molecule has 0 saturated heterocycles. The van der Waals surface area contributed by atoms with Crippen LogP contribution >= 0.6 is 27.7 Å². The van der Waals surface area contributed by atoms with Gasteiger partial charge in [-0.1, -0.05) is 58.0 Å². The Morgan fingerprint density at radius 3 is 2.58 bits per heavy atom. The molecule has 0 spiro atoms. The van der Waals surface area contributed by atoms with E-state index in [0.717, 1.165) is 21.3 Å². The Hall–Kier alpha value is -3.63. The summed E-state index contributed by atoms with van der Waals surface area (Å²) in [7, 11) is 1.58. The second-order valence-electron chi connectivity index (χ2n) is 7.41. The Labute approximate surface area is 221 Å². The third-order valence-electron chi connectivity index (χ3n) is 4.97. The van der Waals surface area contributed by atoms with Gasteiger partial charge in [-0.15, -0.1) is 10.2 Å². The molecule has 1 N–H and O–H groups in total. The zero-order valence-corrected chi connectivity index (χ0v) is 22.1. The van der Waals surface area contributed by atoms with Gasteiger partial charge in [0.25, 0.3) is 5.91 Å². The zero-order valence-electron chi connectivity index (χ0n) is 19.7. The minimum atomic E-state index is -0.262. The number of hydrogen-bond acceptors (Lipinski definition) is 7. The maximum atomic E-state index is 12.5. The van der Waals surface area contributed by atoms with Crippen LogP contribution in [0.5, 0.6) is 11.5 Å². The first-order chi connectivity index (χ1) is 17.6. The zero-order chi connectivity index (χ0) is 25.3. The van der Waals surface area contributed by atoms with E-state index < -0.39 is 0 Å². The minimum absolute atomic E-state index is 0.120. The molecule has 1 aromatic heterocycles. The number of carbonyl (C=O) groups excluding carboxylic acids is 1. The largest absolute Gasteiger partial charge is 0.493 e. The molecule has 0 atom stereocenters. The third kappa shape index (κ3) is 6.32. The summed E-state index contributed by atoms with van der Waals surface area (Å²) in [6.07, 6.45) is 1.55. The first-order valence-electron chi connectivity index (χ1n) is 11.1. The topological polar surface area (TPSA) is 90.6 Å². The van der Waals surface area contributed by atoms with Gasteiger partial charge in [0.05, 0.1) is 25.7 Å². The number of methoxy groups -OCH3 is 1. The van der Waals surface area contributed by atoms with E-state index in [1.165, 1.54) is 11.8 Å². The highest BCUT2D eigenvalue weighted by atomic mass is 79.9. The number of benzene rings is 3. The summed E-state index contributed by atoms with van der Waals surface area (Å²) in [6.45, 7) is 2.45. The fraction of sp³-hybridized carbons (Fsp3) is 0.154. The molecule has 36 heavy (non-hydrogen) atoms. The number of hydrogen-bond donors (Lipinski definition) is 1. The van der Waals surface area contributed by atoms with Crippen LogP contribution in [-0.2, 0) is 4.79 Å². The molecular formula is C26H24BrN5O3S. The molecule has 0 aliphatic rings. The monoisotopic (exact) mass is 565 g/mol. The highest BCUT2D eigenvalue weighted by molar-refractivity contribution is 9.10. The number of nitrogens with zero attached hydrogens (tertiary/aromatic N) is 4. The molecule has 1 amide bonds. The smallest absolute Gasteiger partial charge is 0.250 e. The molecule has 4 rings (SSSR count). The lowest BCUT2D eigenvalue weighted by Crippen LogP contribution is -2.20. The van der Waals surface area contributed by atoms with E-state index >= 15 is 0 Å². The first-order valence-corrected chi connectivity index (χ1v) is 12.9. The molecule has 8 nitrogen and oxygen atoms in total. The number of thioether (sulfide) groups is 1. The summed E-state index contributed by atoms with van der Waals surface area (Å²) < 4.78 is 13.8. The van der Waals surface area contributed by atoms with Gasteiger partial charge < -0.3 is 9.47 Å². The number of rotatable bonds is 10. The van der Waals surface area contributed by atoms with Gasteiger partial charge >= 0.3 is 0 Å². The van der Waals surface area contributed by atoms with E-state index in [-0.39, 0.29) is 11.7 Å². The Kier molecular flexibility index (Phi) is 8.75. The van der Waals surface area contributed by atoms with Gasteiger partial charge in [-0.2, -0.15) is 5.10 Å². The quantitative estimate of drug-likeness (QED) is 0.158. The first kappa shape index (κ1) is 25.5. The summed E-state index contributed by atoms with van der Waals surface area (Å²) >= 11 is 4.75. The second kappa shape index (κ2) is 12.4. The van der Waals surface area contributed by atoms with Crippen molar-refractivity contribution in [3.8, 4) is 28.6 Å². The molecule has 0 aliphatic heterocycles. The van der Waals surface area contributed by atoms with Crippen LogP contribution in [0.15, 0.2) is 87.5 Å². The van der Waals surface area contributed by atoms with Crippen LogP contribution in [0.3, 0.4) is 0 Å². The lowest BCUT2D eigenvalue weighted by atomic mass is 10.2. The molecule has 4 aromatic rings. The average molecular weight is 566 g/mol. The van der Waals surface area contributed by atoms with Crippen molar-refractivity contribution in [2.24, 2.45) is 5.10 Å². The highest BCUT2D eigenvalue weighted by Gasteiger charge is 2.17. The molecule has 0 saturated carbocycles. The van der Waals surface area contributed by atoms with Crippen LogP contribution in [0.25, 0.3) is 17.1 Å². The Morgan fingerprint density at radius 1 is 1.08 bits per heavy atom. The van der Waals surface area contributed by atoms with Gasteiger partial charge in [0.2, 0.25) is 0 Å². The Balaban J connectivity index is 1.45. The fourth-order valence-electron chi connectivity index (χ4n) is 3.34. The lowest BCUT2D eigenvalue weighted by Gasteiger charge is -2.10. The normalized spacial score (nSPS) is 11.0. The molecule has 1 heterocycles. The lowest BCUT2D eigenvalue weighted by molar-refractivity contribution is -0.118. The van der Waals surface area contributed by atoms with Crippen molar-refractivity contribution in [3.63, 3.8) is 0 Å². The number of para-hydroxylation sites is 1. The molecule has 0 fully saturated rings. The van der Waals surface area contributed by atoms with Gasteiger partial charge in [-0.3, -0.25) is 9.36 Å². The van der Waals surface area contributed by atoms with Crippen molar-refractivity contribution in [1.82, 2.24) is 20.2 Å². The summed E-state index contributed by atoms with van der Waals surface area (Å²) in [6, 6.07) is 23.1. The standard InChI is InChI=1S/C26H24BrN5O3S/c1-3-35-22-14-9-18(15-23(22)34-2)16-28-29-24(33)17-36-26-31-30-25(19-10-12-20(27)13-11-19)32(26)21-7-5-4-6-8-21/h4-16H,3,17H2,1-2H3,(H,29,33)/b28-16-. The highest BCUT2D eigenvalue weighted by Crippen LogP contribution is 2.29. The fourth-order valence-corrected chi connectivity index (χ4v) is 4.35. The minimum Gasteiger partial charge on any atom is -0.493 e. The SMILES string of the molecule is CCOc1ccc(/C=N\NC(=O)CSc2nnc(-c3ccc(Br)cc3)n2-c2ccccc2)cc1OC. The molecule has 0 aliphatic carbocycles. The Bertz CT molecular complexity index is 1340. The van der Waals surface area contributed by atoms with E-state index in [4.69, 9.17) is 9.47 Å². The van der Waals surface area contributed by atoms with Gasteiger partial charge in [0.15, 0.2) is 22.5 Å². The van der Waals surface area contributed by atoms with Crippen molar-refractivity contribution in [2.75, 3.05) is 19.5 Å². The predicted molar refractivity (Wildman–Crippen MR) is 145 cm³/mol. The molecular weight excluding hydrogens is 542 g/mol. The molecule has 10 heteroatoms. The number of hydrazone groups is 1. The van der Waals surface area contributed by atoms with Crippen LogP contribution in [0, 0.1) is 0 Å². The molecule has 0 radical (unpaired) electrons. The van der Waals surface area contributed by atoms with Crippen molar-refractivity contribution in [1.29, 1.82) is 0 Å². The van der Waals surface area contributed by atoms with Gasteiger partial charge in [0, 0.05) is 15.7 Å². The van der Waals surface area contributed by atoms with Gasteiger partial charge in [0.1, 0.15) is 0 Å². The molecule has 184 valence electrons. The van der Waals surface area contributed by atoms with Crippen LogP contribution in [0.4, 0.5) is 0 Å².